The maximum absolute atomic E-state index is 12.6. The molecule has 0 bridgehead atoms. The summed E-state index contributed by atoms with van der Waals surface area (Å²) in [5.41, 5.74) is 2.15. The number of carbonyl (C=O) groups excluding carboxylic acids is 1. The molecule has 0 aromatic heterocycles. The third-order valence-corrected chi connectivity index (χ3v) is 5.63. The Morgan fingerprint density at radius 2 is 1.64 bits per heavy atom. The van der Waals surface area contributed by atoms with Crippen LogP contribution in [0.4, 0.5) is 0 Å². The molecule has 2 aliphatic carbocycles. The quantitative estimate of drug-likeness (QED) is 0.838. The Morgan fingerprint density at radius 1 is 1.05 bits per heavy atom. The van der Waals surface area contributed by atoms with Gasteiger partial charge in [-0.25, -0.2) is 0 Å². The average Bonchev–Trinajstić information content (AvgIpc) is 3.22. The maximum atomic E-state index is 12.6. The lowest BCUT2D eigenvalue weighted by Crippen LogP contribution is -2.41. The lowest BCUT2D eigenvalue weighted by molar-refractivity contribution is -0.131. The molecular weight excluding hydrogens is 294 g/mol. The zero-order valence-corrected chi connectivity index (χ0v) is 13.9. The zero-order valence-electron chi connectivity index (χ0n) is 13.0. The van der Waals surface area contributed by atoms with Gasteiger partial charge in [0.2, 0.25) is 5.91 Å². The number of aliphatic hydroxyl groups is 1. The molecule has 0 heterocycles. The number of benzene rings is 1. The van der Waals surface area contributed by atoms with Crippen molar-refractivity contribution in [1.82, 2.24) is 4.90 Å². The molecule has 3 nitrogen and oxygen atoms in total. The van der Waals surface area contributed by atoms with Gasteiger partial charge in [0.05, 0.1) is 12.4 Å². The molecule has 1 aromatic rings. The number of aliphatic hydroxyl groups excluding tert-OH is 1. The minimum Gasteiger partial charge on any atom is -0.392 e. The van der Waals surface area contributed by atoms with E-state index in [1.807, 2.05) is 24.3 Å². The Hall–Kier alpha value is -1.00. The summed E-state index contributed by atoms with van der Waals surface area (Å²) in [6.45, 7) is 0.0870. The minimum atomic E-state index is 0.0870. The summed E-state index contributed by atoms with van der Waals surface area (Å²) in [4.78, 5) is 14.8. The van der Waals surface area contributed by atoms with E-state index >= 15 is 0 Å². The van der Waals surface area contributed by atoms with Gasteiger partial charge in [-0.15, -0.1) is 11.8 Å². The van der Waals surface area contributed by atoms with Crippen molar-refractivity contribution in [3.05, 3.63) is 35.4 Å². The Bertz CT molecular complexity index is 492. The summed E-state index contributed by atoms with van der Waals surface area (Å²) in [5.74, 6) is 1.79. The van der Waals surface area contributed by atoms with E-state index in [0.717, 1.165) is 11.3 Å². The van der Waals surface area contributed by atoms with Gasteiger partial charge in [-0.2, -0.15) is 0 Å². The van der Waals surface area contributed by atoms with Gasteiger partial charge in [-0.3, -0.25) is 4.79 Å². The van der Waals surface area contributed by atoms with E-state index < -0.39 is 0 Å². The predicted molar refractivity (Wildman–Crippen MR) is 90.7 cm³/mol. The zero-order chi connectivity index (χ0) is 15.4. The van der Waals surface area contributed by atoms with Crippen LogP contribution in [0.5, 0.6) is 0 Å². The summed E-state index contributed by atoms with van der Waals surface area (Å²) in [6.07, 6.45) is 7.38. The fourth-order valence-corrected chi connectivity index (χ4v) is 4.17. The van der Waals surface area contributed by atoms with Crippen LogP contribution in [-0.2, 0) is 17.2 Å². The number of carbonyl (C=O) groups is 1. The summed E-state index contributed by atoms with van der Waals surface area (Å²) in [7, 11) is 0. The summed E-state index contributed by atoms with van der Waals surface area (Å²) < 4.78 is 0. The SMILES string of the molecule is O=C(CSCc1ccc(CO)cc1)N(C1CCCC1)C1CC1. The first-order valence-electron chi connectivity index (χ1n) is 8.35. The highest BCUT2D eigenvalue weighted by Crippen LogP contribution is 2.35. The molecule has 0 saturated heterocycles. The normalized spacial score (nSPS) is 18.6. The van der Waals surface area contributed by atoms with Gasteiger partial charge in [-0.1, -0.05) is 37.1 Å². The fourth-order valence-electron chi connectivity index (χ4n) is 3.31. The Morgan fingerprint density at radius 3 is 2.23 bits per heavy atom. The van der Waals surface area contributed by atoms with Crippen molar-refractivity contribution in [2.24, 2.45) is 0 Å². The van der Waals surface area contributed by atoms with Crippen molar-refractivity contribution < 1.29 is 9.90 Å². The summed E-state index contributed by atoms with van der Waals surface area (Å²) in [6, 6.07) is 9.04. The van der Waals surface area contributed by atoms with Crippen molar-refractivity contribution in [3.8, 4) is 0 Å². The van der Waals surface area contributed by atoms with E-state index in [4.69, 9.17) is 5.11 Å². The van der Waals surface area contributed by atoms with Gasteiger partial charge in [0, 0.05) is 17.8 Å². The van der Waals surface area contributed by atoms with Crippen molar-refractivity contribution >= 4 is 17.7 Å². The first-order chi connectivity index (χ1) is 10.8. The number of rotatable bonds is 7. The van der Waals surface area contributed by atoms with Crippen molar-refractivity contribution in [1.29, 1.82) is 0 Å². The molecule has 120 valence electrons. The molecule has 3 rings (SSSR count). The number of thioether (sulfide) groups is 1. The molecule has 22 heavy (non-hydrogen) atoms. The third-order valence-electron chi connectivity index (χ3n) is 4.65. The van der Waals surface area contributed by atoms with Crippen LogP contribution in [0.1, 0.15) is 49.7 Å². The second-order valence-corrected chi connectivity index (χ2v) is 7.42. The molecule has 0 radical (unpaired) electrons. The number of amides is 1. The van der Waals surface area contributed by atoms with Crippen LogP contribution in [0.2, 0.25) is 0 Å². The molecule has 2 fully saturated rings. The first kappa shape index (κ1) is 15.9. The number of nitrogens with zero attached hydrogens (tertiary/aromatic N) is 1. The molecule has 0 aliphatic heterocycles. The van der Waals surface area contributed by atoms with Crippen molar-refractivity contribution in [2.75, 3.05) is 5.75 Å². The monoisotopic (exact) mass is 319 g/mol. The van der Waals surface area contributed by atoms with Gasteiger partial charge >= 0.3 is 0 Å². The van der Waals surface area contributed by atoms with E-state index in [0.29, 0.717) is 23.7 Å². The molecule has 1 N–H and O–H groups in total. The lowest BCUT2D eigenvalue weighted by atomic mass is 10.2. The Kier molecular flexibility index (Phi) is 5.42. The highest BCUT2D eigenvalue weighted by atomic mass is 32.2. The van der Waals surface area contributed by atoms with Crippen LogP contribution in [-0.4, -0.2) is 33.8 Å². The van der Waals surface area contributed by atoms with Gasteiger partial charge in [0.15, 0.2) is 0 Å². The van der Waals surface area contributed by atoms with E-state index in [2.05, 4.69) is 4.90 Å². The van der Waals surface area contributed by atoms with E-state index in [9.17, 15) is 4.79 Å². The standard InChI is InChI=1S/C18H25NO2S/c20-11-14-5-7-15(8-6-14)12-22-13-18(21)19(17-9-10-17)16-3-1-2-4-16/h5-8,16-17,20H,1-4,9-13H2. The van der Waals surface area contributed by atoms with Crippen molar-refractivity contribution in [2.45, 2.75) is 63.0 Å². The smallest absolute Gasteiger partial charge is 0.233 e. The molecule has 0 atom stereocenters. The third kappa shape index (κ3) is 4.05. The molecule has 1 aromatic carbocycles. The van der Waals surface area contributed by atoms with Gasteiger partial charge in [0.25, 0.3) is 0 Å². The maximum Gasteiger partial charge on any atom is 0.233 e. The Balaban J connectivity index is 1.48. The topological polar surface area (TPSA) is 40.5 Å². The van der Waals surface area contributed by atoms with Crippen LogP contribution in [0, 0.1) is 0 Å². The van der Waals surface area contributed by atoms with Crippen LogP contribution in [0.3, 0.4) is 0 Å². The summed E-state index contributed by atoms with van der Waals surface area (Å²) in [5, 5.41) is 9.04. The minimum absolute atomic E-state index is 0.0870. The number of hydrogen-bond acceptors (Lipinski definition) is 3. The summed E-state index contributed by atoms with van der Waals surface area (Å²) >= 11 is 1.71. The second-order valence-electron chi connectivity index (χ2n) is 6.44. The largest absolute Gasteiger partial charge is 0.392 e. The Labute approximate surface area is 137 Å². The highest BCUT2D eigenvalue weighted by molar-refractivity contribution is 7.99. The molecule has 2 saturated carbocycles. The first-order valence-corrected chi connectivity index (χ1v) is 9.51. The van der Waals surface area contributed by atoms with Crippen molar-refractivity contribution in [3.63, 3.8) is 0 Å². The lowest BCUT2D eigenvalue weighted by Gasteiger charge is -2.29. The van der Waals surface area contributed by atoms with Gasteiger partial charge in [0.1, 0.15) is 0 Å². The van der Waals surface area contributed by atoms with Crippen LogP contribution >= 0.6 is 11.8 Å². The van der Waals surface area contributed by atoms with Gasteiger partial charge in [-0.05, 0) is 36.8 Å². The highest BCUT2D eigenvalue weighted by Gasteiger charge is 2.37. The molecular formula is C18H25NO2S. The van der Waals surface area contributed by atoms with E-state index in [1.165, 1.54) is 44.1 Å². The van der Waals surface area contributed by atoms with E-state index in [-0.39, 0.29) is 6.61 Å². The van der Waals surface area contributed by atoms with Crippen LogP contribution in [0.25, 0.3) is 0 Å². The van der Waals surface area contributed by atoms with Crippen LogP contribution in [0.15, 0.2) is 24.3 Å². The van der Waals surface area contributed by atoms with Gasteiger partial charge < -0.3 is 10.0 Å². The fraction of sp³-hybridized carbons (Fsp3) is 0.611. The molecule has 0 unspecified atom stereocenters. The predicted octanol–water partition coefficient (Wildman–Crippen LogP) is 3.35. The molecule has 4 heteroatoms. The number of hydrogen-bond donors (Lipinski definition) is 1. The van der Waals surface area contributed by atoms with Crippen LogP contribution < -0.4 is 0 Å². The second kappa shape index (κ2) is 7.51. The van der Waals surface area contributed by atoms with E-state index in [1.54, 1.807) is 11.8 Å². The molecule has 2 aliphatic rings. The molecule has 1 amide bonds. The average molecular weight is 319 g/mol. The molecule has 0 spiro atoms.